The fraction of sp³-hybridized carbons (Fsp3) is 0.385. The lowest BCUT2D eigenvalue weighted by molar-refractivity contribution is -0.136. The molecule has 1 N–H and O–H groups in total. The summed E-state index contributed by atoms with van der Waals surface area (Å²) in [6.07, 6.45) is -1.95. The van der Waals surface area contributed by atoms with Crippen LogP contribution in [0.3, 0.4) is 0 Å². The van der Waals surface area contributed by atoms with E-state index in [1.54, 1.807) is 6.07 Å². The minimum atomic E-state index is -2.45. The number of thiazole rings is 1. The summed E-state index contributed by atoms with van der Waals surface area (Å²) < 4.78 is 28.6. The molecule has 0 aromatic carbocycles. The zero-order chi connectivity index (χ0) is 15.2. The lowest BCUT2D eigenvalue weighted by Gasteiger charge is -2.00. The first-order chi connectivity index (χ1) is 10.0. The Morgan fingerprint density at radius 3 is 2.95 bits per heavy atom. The number of aliphatic carboxylic acids is 1. The van der Waals surface area contributed by atoms with Crippen molar-refractivity contribution in [2.24, 2.45) is 0 Å². The van der Waals surface area contributed by atoms with Gasteiger partial charge in [-0.1, -0.05) is 0 Å². The van der Waals surface area contributed by atoms with Gasteiger partial charge in [0.05, 0.1) is 28.6 Å². The molecule has 0 unspecified atom stereocenters. The van der Waals surface area contributed by atoms with Crippen molar-refractivity contribution in [3.63, 3.8) is 0 Å². The topological polar surface area (TPSA) is 59.4 Å². The van der Waals surface area contributed by atoms with Gasteiger partial charge >= 0.3 is 5.97 Å². The number of hydrogen-bond acceptors (Lipinski definition) is 5. The molecule has 2 heterocycles. The molecule has 2 aromatic heterocycles. The largest absolute Gasteiger partial charge is 0.481 e. The van der Waals surface area contributed by atoms with E-state index in [9.17, 15) is 13.6 Å². The Balaban J connectivity index is 1.90. The van der Waals surface area contributed by atoms with Gasteiger partial charge in [0, 0.05) is 16.7 Å². The average molecular weight is 333 g/mol. The minimum absolute atomic E-state index is 0.00310. The van der Waals surface area contributed by atoms with E-state index in [0.717, 1.165) is 20.5 Å². The maximum atomic E-state index is 11.9. The third-order valence-corrected chi connectivity index (χ3v) is 4.51. The third-order valence-electron chi connectivity index (χ3n) is 2.50. The summed E-state index contributed by atoms with van der Waals surface area (Å²) in [6.45, 7) is -0.340. The zero-order valence-corrected chi connectivity index (χ0v) is 12.6. The second-order valence-electron chi connectivity index (χ2n) is 4.18. The van der Waals surface area contributed by atoms with Crippen LogP contribution < -0.4 is 0 Å². The van der Waals surface area contributed by atoms with Gasteiger partial charge in [0.25, 0.3) is 6.43 Å². The van der Waals surface area contributed by atoms with Crippen LogP contribution in [0.4, 0.5) is 8.78 Å². The van der Waals surface area contributed by atoms with Crippen LogP contribution in [0.1, 0.15) is 9.88 Å². The number of alkyl halides is 2. The molecule has 0 radical (unpaired) electrons. The molecular weight excluding hydrogens is 320 g/mol. The molecule has 0 spiro atoms. The molecule has 0 saturated carbocycles. The first-order valence-corrected chi connectivity index (χ1v) is 7.85. The predicted octanol–water partition coefficient (Wildman–Crippen LogP) is 3.32. The molecule has 0 aliphatic carbocycles. The molecule has 8 heteroatoms. The number of aromatic nitrogens is 1. The van der Waals surface area contributed by atoms with Crippen LogP contribution in [0.5, 0.6) is 0 Å². The van der Waals surface area contributed by atoms with Crippen molar-refractivity contribution >= 4 is 28.6 Å². The van der Waals surface area contributed by atoms with E-state index >= 15 is 0 Å². The maximum absolute atomic E-state index is 11.9. The third kappa shape index (κ3) is 5.14. The summed E-state index contributed by atoms with van der Waals surface area (Å²) in [5, 5.41) is 11.4. The van der Waals surface area contributed by atoms with E-state index < -0.39 is 19.0 Å². The van der Waals surface area contributed by atoms with E-state index in [1.807, 2.05) is 11.4 Å². The number of ether oxygens (including phenoxy) is 1. The number of hydrogen-bond donors (Lipinski definition) is 1. The number of thiophene rings is 1. The molecular formula is C13H13F2NO3S2. The van der Waals surface area contributed by atoms with Crippen LogP contribution in [0.2, 0.25) is 0 Å². The molecule has 0 saturated heterocycles. The molecule has 2 rings (SSSR count). The Hall–Kier alpha value is -1.38. The van der Waals surface area contributed by atoms with Crippen LogP contribution in [-0.2, 0) is 22.4 Å². The van der Waals surface area contributed by atoms with Crippen molar-refractivity contribution in [2.45, 2.75) is 19.3 Å². The summed E-state index contributed by atoms with van der Waals surface area (Å²) in [7, 11) is 0. The Bertz CT molecular complexity index is 598. The second-order valence-corrected chi connectivity index (χ2v) is 6.29. The highest BCUT2D eigenvalue weighted by Gasteiger charge is 2.10. The summed E-state index contributed by atoms with van der Waals surface area (Å²) in [5.41, 5.74) is 0.783. The van der Waals surface area contributed by atoms with Gasteiger partial charge in [-0.3, -0.25) is 4.79 Å². The summed E-state index contributed by atoms with van der Waals surface area (Å²) >= 11 is 2.83. The van der Waals surface area contributed by atoms with Gasteiger partial charge < -0.3 is 9.84 Å². The summed E-state index contributed by atoms with van der Waals surface area (Å²) in [4.78, 5) is 16.7. The number of rotatable bonds is 8. The van der Waals surface area contributed by atoms with Crippen molar-refractivity contribution in [3.8, 4) is 10.6 Å². The Morgan fingerprint density at radius 2 is 2.24 bits per heavy atom. The maximum Gasteiger partial charge on any atom is 0.308 e. The number of carboxylic acid groups (broad SMARTS) is 1. The summed E-state index contributed by atoms with van der Waals surface area (Å²) in [6, 6.07) is 3.62. The predicted molar refractivity (Wildman–Crippen MR) is 77.3 cm³/mol. The zero-order valence-electron chi connectivity index (χ0n) is 10.9. The molecule has 4 nitrogen and oxygen atoms in total. The van der Waals surface area contributed by atoms with Crippen molar-refractivity contribution < 1.29 is 23.4 Å². The van der Waals surface area contributed by atoms with Crippen LogP contribution in [0.25, 0.3) is 10.6 Å². The molecule has 0 atom stereocenters. The van der Waals surface area contributed by atoms with Gasteiger partial charge in [0.2, 0.25) is 0 Å². The van der Waals surface area contributed by atoms with Crippen molar-refractivity contribution in [1.82, 2.24) is 4.98 Å². The molecule has 0 aliphatic rings. The smallest absolute Gasteiger partial charge is 0.308 e. The Labute approximate surface area is 128 Å². The standard InChI is InChI=1S/C13H13F2NO3S2/c14-11(15)6-19-4-3-12-16-9(7-20-12)10-2-1-8(21-10)5-13(17)18/h1-2,7,11H,3-6H2,(H,17,18). The highest BCUT2D eigenvalue weighted by molar-refractivity contribution is 7.16. The average Bonchev–Trinajstić information content (AvgIpc) is 3.02. The molecule has 0 amide bonds. The van der Waals surface area contributed by atoms with E-state index in [-0.39, 0.29) is 13.0 Å². The fourth-order valence-electron chi connectivity index (χ4n) is 1.63. The Kier molecular flexibility index (Phi) is 5.77. The normalized spacial score (nSPS) is 11.2. The lowest BCUT2D eigenvalue weighted by atomic mass is 10.3. The van der Waals surface area contributed by atoms with Crippen LogP contribution in [-0.4, -0.2) is 35.7 Å². The fourth-order valence-corrected chi connectivity index (χ4v) is 3.44. The first kappa shape index (κ1) is 16.0. The van der Waals surface area contributed by atoms with Crippen LogP contribution >= 0.6 is 22.7 Å². The molecule has 114 valence electrons. The van der Waals surface area contributed by atoms with Gasteiger partial charge in [-0.05, 0) is 12.1 Å². The molecule has 21 heavy (non-hydrogen) atoms. The molecule has 0 fully saturated rings. The van der Waals surface area contributed by atoms with E-state index in [2.05, 4.69) is 4.98 Å². The highest BCUT2D eigenvalue weighted by Crippen LogP contribution is 2.29. The van der Waals surface area contributed by atoms with Gasteiger partial charge in [0.15, 0.2) is 0 Å². The van der Waals surface area contributed by atoms with E-state index in [0.29, 0.717) is 6.42 Å². The molecule has 0 aliphatic heterocycles. The van der Waals surface area contributed by atoms with E-state index in [4.69, 9.17) is 9.84 Å². The summed E-state index contributed by atoms with van der Waals surface area (Å²) in [5.74, 6) is -0.862. The van der Waals surface area contributed by atoms with Crippen molar-refractivity contribution in [1.29, 1.82) is 0 Å². The first-order valence-electron chi connectivity index (χ1n) is 6.16. The minimum Gasteiger partial charge on any atom is -0.481 e. The number of carbonyl (C=O) groups is 1. The quantitative estimate of drug-likeness (QED) is 0.753. The monoisotopic (exact) mass is 333 g/mol. The van der Waals surface area contributed by atoms with Crippen molar-refractivity contribution in [3.05, 3.63) is 27.4 Å². The molecule has 2 aromatic rings. The van der Waals surface area contributed by atoms with E-state index in [1.165, 1.54) is 22.7 Å². The number of carboxylic acids is 1. The number of halogens is 2. The van der Waals surface area contributed by atoms with Gasteiger partial charge in [-0.2, -0.15) is 0 Å². The van der Waals surface area contributed by atoms with Gasteiger partial charge in [-0.25, -0.2) is 13.8 Å². The van der Waals surface area contributed by atoms with Crippen molar-refractivity contribution in [2.75, 3.05) is 13.2 Å². The van der Waals surface area contributed by atoms with Gasteiger partial charge in [-0.15, -0.1) is 22.7 Å². The SMILES string of the molecule is O=C(O)Cc1ccc(-c2csc(CCOCC(F)F)n2)s1. The number of nitrogens with zero attached hydrogens (tertiary/aromatic N) is 1. The lowest BCUT2D eigenvalue weighted by Crippen LogP contribution is -2.06. The molecule has 0 bridgehead atoms. The Morgan fingerprint density at radius 1 is 1.43 bits per heavy atom. The highest BCUT2D eigenvalue weighted by atomic mass is 32.1. The van der Waals surface area contributed by atoms with Crippen LogP contribution in [0.15, 0.2) is 17.5 Å². The second kappa shape index (κ2) is 7.58. The van der Waals surface area contributed by atoms with Gasteiger partial charge in [0.1, 0.15) is 6.61 Å². The van der Waals surface area contributed by atoms with Crippen LogP contribution in [0, 0.1) is 0 Å².